The molecule has 182 valence electrons. The van der Waals surface area contributed by atoms with Crippen molar-refractivity contribution in [2.45, 2.75) is 45.6 Å². The smallest absolute Gasteiger partial charge is 0.305 e. The lowest BCUT2D eigenvalue weighted by Gasteiger charge is -2.34. The SMILES string of the molecule is COC(=O)CCc1ccc(NC(=O)C2CCN(C(C)C)CC2)c(C(=O)Nc2ccc(Cl)cn2)c1. The second-order valence-corrected chi connectivity index (χ2v) is 9.10. The van der Waals surface area contributed by atoms with Gasteiger partial charge in [-0.1, -0.05) is 17.7 Å². The molecule has 0 aliphatic carbocycles. The molecule has 0 spiro atoms. The van der Waals surface area contributed by atoms with E-state index in [2.05, 4.69) is 34.4 Å². The molecule has 2 heterocycles. The van der Waals surface area contributed by atoms with Crippen molar-refractivity contribution in [3.63, 3.8) is 0 Å². The molecule has 9 heteroatoms. The van der Waals surface area contributed by atoms with E-state index in [0.29, 0.717) is 34.6 Å². The van der Waals surface area contributed by atoms with E-state index in [9.17, 15) is 14.4 Å². The first kappa shape index (κ1) is 25.6. The zero-order chi connectivity index (χ0) is 24.7. The minimum atomic E-state index is -0.417. The third-order valence-electron chi connectivity index (χ3n) is 6.03. The van der Waals surface area contributed by atoms with Crippen LogP contribution in [0.15, 0.2) is 36.5 Å². The Labute approximate surface area is 205 Å². The van der Waals surface area contributed by atoms with Crippen molar-refractivity contribution in [1.29, 1.82) is 0 Å². The van der Waals surface area contributed by atoms with E-state index < -0.39 is 5.91 Å². The number of halogens is 1. The lowest BCUT2D eigenvalue weighted by Crippen LogP contribution is -2.41. The van der Waals surface area contributed by atoms with Crippen LogP contribution in [0.4, 0.5) is 11.5 Å². The fourth-order valence-corrected chi connectivity index (χ4v) is 4.05. The first-order valence-corrected chi connectivity index (χ1v) is 11.8. The zero-order valence-corrected chi connectivity index (χ0v) is 20.5. The molecule has 1 aliphatic rings. The molecule has 2 N–H and O–H groups in total. The molecule has 1 aromatic carbocycles. The summed E-state index contributed by atoms with van der Waals surface area (Å²) in [7, 11) is 1.34. The van der Waals surface area contributed by atoms with Gasteiger partial charge in [-0.25, -0.2) is 4.98 Å². The number of rotatable bonds is 8. The summed E-state index contributed by atoms with van der Waals surface area (Å²) in [5.74, 6) is -0.610. The number of likely N-dealkylation sites (tertiary alicyclic amines) is 1. The van der Waals surface area contributed by atoms with Crippen LogP contribution < -0.4 is 10.6 Å². The highest BCUT2D eigenvalue weighted by Gasteiger charge is 2.27. The fraction of sp³-hybridized carbons (Fsp3) is 0.440. The molecule has 1 fully saturated rings. The Morgan fingerprint density at radius 2 is 1.88 bits per heavy atom. The number of nitrogens with one attached hydrogen (secondary N) is 2. The molecule has 1 saturated heterocycles. The second kappa shape index (κ2) is 11.9. The van der Waals surface area contributed by atoms with Gasteiger partial charge in [0.05, 0.1) is 23.4 Å². The zero-order valence-electron chi connectivity index (χ0n) is 19.8. The van der Waals surface area contributed by atoms with Crippen LogP contribution in [0.3, 0.4) is 0 Å². The standard InChI is InChI=1S/C25H31ClN4O4/c1-16(2)30-12-10-18(11-13-30)24(32)28-21-7-4-17(5-9-23(31)34-3)14-20(21)25(33)29-22-8-6-19(26)15-27-22/h4,6-8,14-16,18H,5,9-13H2,1-3H3,(H,28,32)(H,27,29,33). The lowest BCUT2D eigenvalue weighted by molar-refractivity contribution is -0.140. The fourth-order valence-electron chi connectivity index (χ4n) is 3.94. The van der Waals surface area contributed by atoms with E-state index in [4.69, 9.17) is 16.3 Å². The van der Waals surface area contributed by atoms with E-state index >= 15 is 0 Å². The van der Waals surface area contributed by atoms with E-state index in [1.54, 1.807) is 30.3 Å². The summed E-state index contributed by atoms with van der Waals surface area (Å²) in [6, 6.07) is 8.88. The number of carbonyl (C=O) groups is 3. The summed E-state index contributed by atoms with van der Waals surface area (Å²) < 4.78 is 4.71. The highest BCUT2D eigenvalue weighted by Crippen LogP contribution is 2.24. The monoisotopic (exact) mass is 486 g/mol. The number of amides is 2. The Balaban J connectivity index is 1.77. The number of hydrogen-bond acceptors (Lipinski definition) is 6. The van der Waals surface area contributed by atoms with Gasteiger partial charge in [-0.3, -0.25) is 14.4 Å². The first-order valence-electron chi connectivity index (χ1n) is 11.4. The molecular weight excluding hydrogens is 456 g/mol. The van der Waals surface area contributed by atoms with E-state index in [1.807, 2.05) is 0 Å². The summed E-state index contributed by atoms with van der Waals surface area (Å²) in [6.07, 6.45) is 3.59. The number of nitrogens with zero attached hydrogens (tertiary/aromatic N) is 2. The van der Waals surface area contributed by atoms with Gasteiger partial charge in [0.1, 0.15) is 5.82 Å². The first-order chi connectivity index (χ1) is 16.3. The van der Waals surface area contributed by atoms with Crippen LogP contribution in [0.5, 0.6) is 0 Å². The number of benzene rings is 1. The molecule has 3 rings (SSSR count). The number of aryl methyl sites for hydroxylation is 1. The summed E-state index contributed by atoms with van der Waals surface area (Å²) in [5.41, 5.74) is 1.50. The summed E-state index contributed by atoms with van der Waals surface area (Å²) in [4.78, 5) is 44.1. The van der Waals surface area contributed by atoms with Gasteiger partial charge >= 0.3 is 5.97 Å². The molecule has 0 unspecified atom stereocenters. The third-order valence-corrected chi connectivity index (χ3v) is 6.26. The number of piperidine rings is 1. The van der Waals surface area contributed by atoms with E-state index in [1.165, 1.54) is 13.3 Å². The van der Waals surface area contributed by atoms with Crippen LogP contribution in [-0.4, -0.2) is 53.9 Å². The minimum absolute atomic E-state index is 0.0932. The summed E-state index contributed by atoms with van der Waals surface area (Å²) in [5, 5.41) is 6.15. The van der Waals surface area contributed by atoms with E-state index in [0.717, 1.165) is 31.5 Å². The average Bonchev–Trinajstić information content (AvgIpc) is 2.84. The maximum atomic E-state index is 13.1. The quantitative estimate of drug-likeness (QED) is 0.543. The van der Waals surface area contributed by atoms with Gasteiger partial charge in [0.2, 0.25) is 5.91 Å². The summed E-state index contributed by atoms with van der Waals surface area (Å²) >= 11 is 5.88. The van der Waals surface area contributed by atoms with Crippen LogP contribution in [0.25, 0.3) is 0 Å². The van der Waals surface area contributed by atoms with Gasteiger partial charge in [0.15, 0.2) is 0 Å². The van der Waals surface area contributed by atoms with Crippen molar-refractivity contribution < 1.29 is 19.1 Å². The molecular formula is C25H31ClN4O4. The Morgan fingerprint density at radius 3 is 2.50 bits per heavy atom. The van der Waals surface area contributed by atoms with Crippen molar-refractivity contribution in [2.24, 2.45) is 5.92 Å². The molecule has 0 bridgehead atoms. The van der Waals surface area contributed by atoms with Crippen molar-refractivity contribution in [2.75, 3.05) is 30.8 Å². The molecule has 1 aliphatic heterocycles. The number of aromatic nitrogens is 1. The van der Waals surface area contributed by atoms with Crippen molar-refractivity contribution in [3.05, 3.63) is 52.7 Å². The van der Waals surface area contributed by atoms with Crippen LogP contribution in [0.2, 0.25) is 5.02 Å². The maximum Gasteiger partial charge on any atom is 0.305 e. The highest BCUT2D eigenvalue weighted by atomic mass is 35.5. The number of ether oxygens (including phenoxy) is 1. The van der Waals surface area contributed by atoms with Gasteiger partial charge in [0, 0.05) is 24.6 Å². The van der Waals surface area contributed by atoms with Gasteiger partial charge in [0.25, 0.3) is 5.91 Å². The van der Waals surface area contributed by atoms with Crippen molar-refractivity contribution in [3.8, 4) is 0 Å². The second-order valence-electron chi connectivity index (χ2n) is 8.67. The predicted octanol–water partition coefficient (Wildman–Crippen LogP) is 4.15. The number of esters is 1. The topological polar surface area (TPSA) is 101 Å². The summed E-state index contributed by atoms with van der Waals surface area (Å²) in [6.45, 7) is 6.06. The average molecular weight is 487 g/mol. The van der Waals surface area contributed by atoms with Crippen LogP contribution in [0, 0.1) is 5.92 Å². The maximum absolute atomic E-state index is 13.1. The molecule has 2 amide bonds. The van der Waals surface area contributed by atoms with Crippen molar-refractivity contribution >= 4 is 40.9 Å². The van der Waals surface area contributed by atoms with Crippen LogP contribution >= 0.6 is 11.6 Å². The molecule has 2 aromatic rings. The molecule has 8 nitrogen and oxygen atoms in total. The third kappa shape index (κ3) is 7.01. The normalized spacial score (nSPS) is 14.6. The molecule has 34 heavy (non-hydrogen) atoms. The van der Waals surface area contributed by atoms with Crippen LogP contribution in [-0.2, 0) is 20.7 Å². The molecule has 0 saturated carbocycles. The van der Waals surface area contributed by atoms with Gasteiger partial charge in [-0.05, 0) is 76.0 Å². The number of methoxy groups -OCH3 is 1. The van der Waals surface area contributed by atoms with Gasteiger partial charge in [-0.2, -0.15) is 0 Å². The molecule has 0 radical (unpaired) electrons. The lowest BCUT2D eigenvalue weighted by atomic mass is 9.94. The molecule has 1 aromatic heterocycles. The predicted molar refractivity (Wildman–Crippen MR) is 132 cm³/mol. The number of pyridine rings is 1. The Kier molecular flexibility index (Phi) is 9.01. The van der Waals surface area contributed by atoms with E-state index in [-0.39, 0.29) is 24.2 Å². The van der Waals surface area contributed by atoms with Crippen LogP contribution in [0.1, 0.15) is 49.0 Å². The van der Waals surface area contributed by atoms with Gasteiger partial charge in [-0.15, -0.1) is 0 Å². The minimum Gasteiger partial charge on any atom is -0.469 e. The number of hydrogen-bond donors (Lipinski definition) is 2. The Hall–Kier alpha value is -2.97. The highest BCUT2D eigenvalue weighted by molar-refractivity contribution is 6.30. The van der Waals surface area contributed by atoms with Gasteiger partial charge < -0.3 is 20.3 Å². The number of anilines is 2. The molecule has 0 atom stereocenters. The Morgan fingerprint density at radius 1 is 1.15 bits per heavy atom. The number of carbonyl (C=O) groups excluding carboxylic acids is 3. The Bertz CT molecular complexity index is 1020. The van der Waals surface area contributed by atoms with Crippen molar-refractivity contribution in [1.82, 2.24) is 9.88 Å². The largest absolute Gasteiger partial charge is 0.469 e.